The minimum atomic E-state index is -0.853. The molecule has 2 rings (SSSR count). The maximum Gasteiger partial charge on any atom is 0.317 e. The molecular formula is C17H24N2O5. The number of nitrogens with zero attached hydrogens (tertiary/aromatic N) is 1. The Labute approximate surface area is 141 Å². The van der Waals surface area contributed by atoms with Crippen LogP contribution in [0.2, 0.25) is 0 Å². The van der Waals surface area contributed by atoms with E-state index in [-0.39, 0.29) is 25.0 Å². The minimum absolute atomic E-state index is 0.164. The van der Waals surface area contributed by atoms with Crippen molar-refractivity contribution in [1.29, 1.82) is 0 Å². The van der Waals surface area contributed by atoms with Crippen LogP contribution < -0.4 is 14.8 Å². The van der Waals surface area contributed by atoms with Crippen molar-refractivity contribution < 1.29 is 24.2 Å². The fraction of sp³-hybridized carbons (Fsp3) is 0.529. The number of likely N-dealkylation sites (tertiary alicyclic amines) is 1. The predicted octanol–water partition coefficient (Wildman–Crippen LogP) is 1.96. The van der Waals surface area contributed by atoms with Gasteiger partial charge in [-0.3, -0.25) is 4.79 Å². The number of benzene rings is 1. The number of carboxylic acid groups (broad SMARTS) is 1. The molecule has 2 unspecified atom stereocenters. The van der Waals surface area contributed by atoms with Gasteiger partial charge in [0.25, 0.3) is 0 Å². The van der Waals surface area contributed by atoms with Crippen LogP contribution in [0.1, 0.15) is 18.9 Å². The Morgan fingerprint density at radius 3 is 2.67 bits per heavy atom. The molecule has 7 nitrogen and oxygen atoms in total. The van der Waals surface area contributed by atoms with E-state index in [4.69, 9.17) is 9.47 Å². The van der Waals surface area contributed by atoms with Crippen molar-refractivity contribution in [3.05, 3.63) is 23.8 Å². The lowest BCUT2D eigenvalue weighted by molar-refractivity contribution is -0.143. The van der Waals surface area contributed by atoms with E-state index in [0.717, 1.165) is 5.56 Å². The highest BCUT2D eigenvalue weighted by Gasteiger charge is 2.31. The molecule has 1 aromatic carbocycles. The molecule has 7 heteroatoms. The average molecular weight is 336 g/mol. The summed E-state index contributed by atoms with van der Waals surface area (Å²) < 4.78 is 10.6. The van der Waals surface area contributed by atoms with Crippen LogP contribution in [-0.4, -0.2) is 49.3 Å². The Bertz CT molecular complexity index is 605. The largest absolute Gasteiger partial charge is 0.493 e. The summed E-state index contributed by atoms with van der Waals surface area (Å²) in [6, 6.07) is 5.19. The van der Waals surface area contributed by atoms with Crippen LogP contribution in [0.5, 0.6) is 11.5 Å². The van der Waals surface area contributed by atoms with Gasteiger partial charge < -0.3 is 24.8 Å². The number of urea groups is 1. The van der Waals surface area contributed by atoms with Crippen LogP contribution in [0.15, 0.2) is 18.2 Å². The summed E-state index contributed by atoms with van der Waals surface area (Å²) in [5.41, 5.74) is 0.796. The zero-order valence-corrected chi connectivity index (χ0v) is 14.2. The molecule has 0 aliphatic carbocycles. The average Bonchev–Trinajstić information content (AvgIpc) is 2.58. The number of amides is 2. The number of para-hydroxylation sites is 1. The van der Waals surface area contributed by atoms with E-state index in [1.165, 1.54) is 0 Å². The smallest absolute Gasteiger partial charge is 0.317 e. The number of carbonyl (C=O) groups is 2. The molecule has 0 aromatic heterocycles. The van der Waals surface area contributed by atoms with Gasteiger partial charge in [-0.1, -0.05) is 19.1 Å². The second-order valence-electron chi connectivity index (χ2n) is 6.09. The van der Waals surface area contributed by atoms with E-state index in [1.807, 2.05) is 19.1 Å². The van der Waals surface area contributed by atoms with Gasteiger partial charge in [-0.2, -0.15) is 0 Å². The van der Waals surface area contributed by atoms with E-state index in [0.29, 0.717) is 24.5 Å². The fourth-order valence-corrected chi connectivity index (χ4v) is 3.07. The van der Waals surface area contributed by atoms with Crippen LogP contribution in [0.4, 0.5) is 4.79 Å². The topological polar surface area (TPSA) is 88.1 Å². The van der Waals surface area contributed by atoms with Gasteiger partial charge in [0, 0.05) is 25.2 Å². The van der Waals surface area contributed by atoms with Crippen LogP contribution in [-0.2, 0) is 11.3 Å². The lowest BCUT2D eigenvalue weighted by Gasteiger charge is -2.34. The molecule has 1 aliphatic heterocycles. The van der Waals surface area contributed by atoms with Gasteiger partial charge >= 0.3 is 12.0 Å². The maximum atomic E-state index is 12.4. The molecule has 2 atom stereocenters. The number of carbonyl (C=O) groups excluding carboxylic acids is 1. The zero-order valence-electron chi connectivity index (χ0n) is 14.2. The van der Waals surface area contributed by atoms with Gasteiger partial charge in [0.05, 0.1) is 20.1 Å². The number of carboxylic acids is 1. The van der Waals surface area contributed by atoms with E-state index in [1.54, 1.807) is 25.2 Å². The normalized spacial score (nSPS) is 20.4. The minimum Gasteiger partial charge on any atom is -0.493 e. The molecular weight excluding hydrogens is 312 g/mol. The van der Waals surface area contributed by atoms with E-state index < -0.39 is 11.9 Å². The van der Waals surface area contributed by atoms with E-state index in [2.05, 4.69) is 5.32 Å². The van der Waals surface area contributed by atoms with Gasteiger partial charge in [0.1, 0.15) is 0 Å². The summed E-state index contributed by atoms with van der Waals surface area (Å²) in [6.45, 7) is 3.04. The first-order chi connectivity index (χ1) is 11.5. The monoisotopic (exact) mass is 336 g/mol. The molecule has 132 valence electrons. The summed E-state index contributed by atoms with van der Waals surface area (Å²) in [5, 5.41) is 12.0. The summed E-state index contributed by atoms with van der Waals surface area (Å²) in [4.78, 5) is 25.2. The maximum absolute atomic E-state index is 12.4. The summed E-state index contributed by atoms with van der Waals surface area (Å²) in [7, 11) is 3.11. The van der Waals surface area contributed by atoms with Gasteiger partial charge in [-0.25, -0.2) is 4.79 Å². The number of aliphatic carboxylic acids is 1. The highest BCUT2D eigenvalue weighted by molar-refractivity contribution is 5.76. The molecule has 0 spiro atoms. The third-order valence-electron chi connectivity index (χ3n) is 4.21. The number of ether oxygens (including phenoxy) is 2. The molecule has 0 radical (unpaired) electrons. The highest BCUT2D eigenvalue weighted by Crippen LogP contribution is 2.30. The van der Waals surface area contributed by atoms with Crippen LogP contribution in [0, 0.1) is 11.8 Å². The van der Waals surface area contributed by atoms with E-state index in [9.17, 15) is 14.7 Å². The molecule has 1 fully saturated rings. The Hall–Kier alpha value is -2.44. The molecule has 1 heterocycles. The van der Waals surface area contributed by atoms with E-state index >= 15 is 0 Å². The van der Waals surface area contributed by atoms with Crippen molar-refractivity contribution in [2.75, 3.05) is 27.3 Å². The molecule has 2 N–H and O–H groups in total. The second kappa shape index (κ2) is 7.90. The molecule has 0 bridgehead atoms. The van der Waals surface area contributed by atoms with Gasteiger partial charge in [0.2, 0.25) is 0 Å². The SMILES string of the molecule is COc1cccc(CNC(=O)N2CC(C)CC(C(=O)O)C2)c1OC. The molecule has 1 saturated heterocycles. The van der Waals surface area contributed by atoms with Crippen molar-refractivity contribution in [1.82, 2.24) is 10.2 Å². The fourth-order valence-electron chi connectivity index (χ4n) is 3.07. The second-order valence-corrected chi connectivity index (χ2v) is 6.09. The first-order valence-electron chi connectivity index (χ1n) is 7.91. The summed E-state index contributed by atoms with van der Waals surface area (Å²) in [6.07, 6.45) is 0.600. The summed E-state index contributed by atoms with van der Waals surface area (Å²) >= 11 is 0. The number of rotatable bonds is 5. The van der Waals surface area contributed by atoms with Crippen molar-refractivity contribution in [2.45, 2.75) is 19.9 Å². The van der Waals surface area contributed by atoms with Crippen LogP contribution in [0.3, 0.4) is 0 Å². The van der Waals surface area contributed by atoms with Crippen LogP contribution in [0.25, 0.3) is 0 Å². The van der Waals surface area contributed by atoms with Gasteiger partial charge in [-0.05, 0) is 18.4 Å². The van der Waals surface area contributed by atoms with Crippen LogP contribution >= 0.6 is 0 Å². The molecule has 0 saturated carbocycles. The number of hydrogen-bond acceptors (Lipinski definition) is 4. The van der Waals surface area contributed by atoms with Crippen molar-refractivity contribution in [2.24, 2.45) is 11.8 Å². The third-order valence-corrected chi connectivity index (χ3v) is 4.21. The lowest BCUT2D eigenvalue weighted by Crippen LogP contribution is -2.49. The number of hydrogen-bond donors (Lipinski definition) is 2. The third kappa shape index (κ3) is 4.10. The first-order valence-corrected chi connectivity index (χ1v) is 7.91. The standard InChI is InChI=1S/C17H24N2O5/c1-11-7-13(16(20)21)10-19(9-11)17(22)18-8-12-5-4-6-14(23-2)15(12)24-3/h4-6,11,13H,7-10H2,1-3H3,(H,18,22)(H,20,21). The molecule has 1 aromatic rings. The number of piperidine rings is 1. The summed E-state index contributed by atoms with van der Waals surface area (Å²) in [5.74, 6) is -0.0193. The Morgan fingerprint density at radius 1 is 1.29 bits per heavy atom. The molecule has 24 heavy (non-hydrogen) atoms. The zero-order chi connectivity index (χ0) is 17.7. The van der Waals surface area contributed by atoms with Gasteiger partial charge in [0.15, 0.2) is 11.5 Å². The molecule has 1 aliphatic rings. The Morgan fingerprint density at radius 2 is 2.04 bits per heavy atom. The van der Waals surface area contributed by atoms with Crippen molar-refractivity contribution in [3.63, 3.8) is 0 Å². The van der Waals surface area contributed by atoms with Gasteiger partial charge in [-0.15, -0.1) is 0 Å². The Balaban J connectivity index is 2.01. The highest BCUT2D eigenvalue weighted by atomic mass is 16.5. The number of nitrogens with one attached hydrogen (secondary N) is 1. The number of methoxy groups -OCH3 is 2. The Kier molecular flexibility index (Phi) is 5.89. The lowest BCUT2D eigenvalue weighted by atomic mass is 9.91. The predicted molar refractivity (Wildman–Crippen MR) is 88.3 cm³/mol. The molecule has 2 amide bonds. The van der Waals surface area contributed by atoms with Crippen molar-refractivity contribution >= 4 is 12.0 Å². The van der Waals surface area contributed by atoms with Crippen molar-refractivity contribution in [3.8, 4) is 11.5 Å². The quantitative estimate of drug-likeness (QED) is 0.858. The first kappa shape index (κ1) is 17.9.